The van der Waals surface area contributed by atoms with Crippen LogP contribution in [0.25, 0.3) is 0 Å². The summed E-state index contributed by atoms with van der Waals surface area (Å²) >= 11 is 1.26. The molecule has 1 aromatic heterocycles. The van der Waals surface area contributed by atoms with E-state index in [0.717, 1.165) is 12.8 Å². The van der Waals surface area contributed by atoms with Gasteiger partial charge in [-0.05, 0) is 18.8 Å². The summed E-state index contributed by atoms with van der Waals surface area (Å²) in [5.41, 5.74) is 5.85. The van der Waals surface area contributed by atoms with Crippen LogP contribution in [-0.2, 0) is 4.74 Å². The van der Waals surface area contributed by atoms with Gasteiger partial charge in [0.25, 0.3) is 5.91 Å². The Bertz CT molecular complexity index is 480. The van der Waals surface area contributed by atoms with Gasteiger partial charge in [-0.1, -0.05) is 11.3 Å². The molecule has 8 heteroatoms. The number of aliphatic hydroxyl groups is 1. The highest BCUT2D eigenvalue weighted by atomic mass is 32.1. The van der Waals surface area contributed by atoms with Crippen LogP contribution >= 0.6 is 11.3 Å². The van der Waals surface area contributed by atoms with Gasteiger partial charge in [-0.25, -0.2) is 4.98 Å². The number of nitrogen functional groups attached to an aromatic ring is 1. The molecular formula is C13H22N4O3S. The Hall–Kier alpha value is -1.38. The molecule has 118 valence electrons. The van der Waals surface area contributed by atoms with Gasteiger partial charge in [0, 0.05) is 33.4 Å². The quantitative estimate of drug-likeness (QED) is 0.666. The first kappa shape index (κ1) is 16.0. The number of anilines is 2. The summed E-state index contributed by atoms with van der Waals surface area (Å²) in [4.78, 5) is 18.9. The van der Waals surface area contributed by atoms with Crippen molar-refractivity contribution < 1.29 is 14.6 Å². The first-order valence-electron chi connectivity index (χ1n) is 7.05. The summed E-state index contributed by atoms with van der Waals surface area (Å²) in [7, 11) is 1.63. The number of carbonyl (C=O) groups excluding carboxylic acids is 1. The molecule has 0 bridgehead atoms. The lowest BCUT2D eigenvalue weighted by atomic mass is 9.99. The summed E-state index contributed by atoms with van der Waals surface area (Å²) in [5.74, 6) is 0.329. The lowest BCUT2D eigenvalue weighted by Crippen LogP contribution is -2.40. The second kappa shape index (κ2) is 7.58. The van der Waals surface area contributed by atoms with Gasteiger partial charge in [-0.2, -0.15) is 0 Å². The van der Waals surface area contributed by atoms with Crippen molar-refractivity contribution >= 4 is 28.2 Å². The number of hydrogen-bond donors (Lipinski definition) is 3. The molecule has 4 N–H and O–H groups in total. The number of thiazole rings is 1. The molecule has 1 amide bonds. The third-order valence-corrected chi connectivity index (χ3v) is 4.51. The Morgan fingerprint density at radius 3 is 3.19 bits per heavy atom. The summed E-state index contributed by atoms with van der Waals surface area (Å²) in [6, 6.07) is 0. The minimum atomic E-state index is -0.0945. The normalized spacial score (nSPS) is 18.8. The second-order valence-corrected chi connectivity index (χ2v) is 6.09. The van der Waals surface area contributed by atoms with E-state index in [1.165, 1.54) is 11.3 Å². The number of carbonyl (C=O) groups is 1. The van der Waals surface area contributed by atoms with Gasteiger partial charge in [0.2, 0.25) is 0 Å². The van der Waals surface area contributed by atoms with E-state index in [-0.39, 0.29) is 24.2 Å². The second-order valence-electron chi connectivity index (χ2n) is 5.09. The molecule has 1 aliphatic heterocycles. The Balaban J connectivity index is 2.01. The summed E-state index contributed by atoms with van der Waals surface area (Å²) in [6.45, 7) is 2.59. The predicted octanol–water partition coefficient (Wildman–Crippen LogP) is 0.628. The average molecular weight is 314 g/mol. The number of nitrogens with zero attached hydrogens (tertiary/aromatic N) is 2. The van der Waals surface area contributed by atoms with E-state index in [2.05, 4.69) is 10.3 Å². The number of likely N-dealkylation sites (tertiary alicyclic amines) is 1. The molecule has 0 aliphatic carbocycles. The van der Waals surface area contributed by atoms with Crippen LogP contribution in [0.15, 0.2) is 0 Å². The van der Waals surface area contributed by atoms with Crippen LogP contribution in [-0.4, -0.2) is 60.9 Å². The zero-order chi connectivity index (χ0) is 15.2. The maximum absolute atomic E-state index is 12.5. The highest BCUT2D eigenvalue weighted by molar-refractivity contribution is 7.18. The largest absolute Gasteiger partial charge is 0.396 e. The minimum absolute atomic E-state index is 0.0945. The van der Waals surface area contributed by atoms with Crippen LogP contribution in [0.4, 0.5) is 10.9 Å². The van der Waals surface area contributed by atoms with Crippen molar-refractivity contribution in [1.82, 2.24) is 9.88 Å². The van der Waals surface area contributed by atoms with Crippen LogP contribution in [0, 0.1) is 5.92 Å². The monoisotopic (exact) mass is 314 g/mol. The van der Waals surface area contributed by atoms with Gasteiger partial charge < -0.3 is 25.8 Å². The number of nitrogens with one attached hydrogen (secondary N) is 1. The lowest BCUT2D eigenvalue weighted by Gasteiger charge is -2.31. The first-order chi connectivity index (χ1) is 10.2. The molecule has 1 saturated heterocycles. The van der Waals surface area contributed by atoms with E-state index in [0.29, 0.717) is 36.2 Å². The van der Waals surface area contributed by atoms with E-state index in [9.17, 15) is 9.90 Å². The van der Waals surface area contributed by atoms with Crippen molar-refractivity contribution in [2.75, 3.05) is 51.0 Å². The fourth-order valence-corrected chi connectivity index (χ4v) is 3.24. The molecule has 1 atom stereocenters. The Labute approximate surface area is 128 Å². The number of amides is 1. The Morgan fingerprint density at radius 2 is 2.48 bits per heavy atom. The zero-order valence-electron chi connectivity index (χ0n) is 12.2. The maximum Gasteiger partial charge on any atom is 0.267 e. The van der Waals surface area contributed by atoms with Gasteiger partial charge in [-0.3, -0.25) is 4.79 Å². The number of aromatic nitrogens is 1. The van der Waals surface area contributed by atoms with E-state index in [4.69, 9.17) is 10.5 Å². The fourth-order valence-electron chi connectivity index (χ4n) is 2.36. The maximum atomic E-state index is 12.5. The number of methoxy groups -OCH3 is 1. The van der Waals surface area contributed by atoms with E-state index in [1.54, 1.807) is 12.0 Å². The molecule has 1 aromatic rings. The van der Waals surface area contributed by atoms with Crippen LogP contribution < -0.4 is 11.1 Å². The number of hydrogen-bond acceptors (Lipinski definition) is 7. The number of aliphatic hydroxyl groups excluding tert-OH is 1. The molecule has 2 rings (SSSR count). The van der Waals surface area contributed by atoms with E-state index >= 15 is 0 Å². The van der Waals surface area contributed by atoms with Crippen LogP contribution in [0.5, 0.6) is 0 Å². The smallest absolute Gasteiger partial charge is 0.267 e. The molecule has 0 radical (unpaired) electrons. The highest BCUT2D eigenvalue weighted by Gasteiger charge is 2.27. The molecule has 1 fully saturated rings. The zero-order valence-corrected chi connectivity index (χ0v) is 13.0. The Kier molecular flexibility index (Phi) is 5.77. The molecule has 21 heavy (non-hydrogen) atoms. The predicted molar refractivity (Wildman–Crippen MR) is 82.6 cm³/mol. The topological polar surface area (TPSA) is 101 Å². The van der Waals surface area contributed by atoms with Gasteiger partial charge in [0.15, 0.2) is 5.13 Å². The Morgan fingerprint density at radius 1 is 1.67 bits per heavy atom. The molecule has 2 heterocycles. The minimum Gasteiger partial charge on any atom is -0.396 e. The van der Waals surface area contributed by atoms with Gasteiger partial charge in [-0.15, -0.1) is 0 Å². The first-order valence-corrected chi connectivity index (χ1v) is 7.86. The van der Waals surface area contributed by atoms with Crippen LogP contribution in [0.2, 0.25) is 0 Å². The van der Waals surface area contributed by atoms with Crippen molar-refractivity contribution in [3.63, 3.8) is 0 Å². The molecule has 1 aliphatic rings. The molecule has 0 saturated carbocycles. The van der Waals surface area contributed by atoms with Crippen molar-refractivity contribution in [2.24, 2.45) is 5.92 Å². The van der Waals surface area contributed by atoms with Crippen LogP contribution in [0.3, 0.4) is 0 Å². The third kappa shape index (κ3) is 4.05. The van der Waals surface area contributed by atoms with Crippen molar-refractivity contribution in [2.45, 2.75) is 12.8 Å². The highest BCUT2D eigenvalue weighted by Crippen LogP contribution is 2.28. The van der Waals surface area contributed by atoms with E-state index in [1.807, 2.05) is 0 Å². The molecular weight excluding hydrogens is 292 g/mol. The summed E-state index contributed by atoms with van der Waals surface area (Å²) in [6.07, 6.45) is 1.87. The van der Waals surface area contributed by atoms with Crippen molar-refractivity contribution in [3.8, 4) is 0 Å². The van der Waals surface area contributed by atoms with Crippen molar-refractivity contribution in [1.29, 1.82) is 0 Å². The molecule has 0 spiro atoms. The number of nitrogens with two attached hydrogens (primary N) is 1. The standard InChI is InChI=1S/C13H22N4O3S/c1-20-6-4-15-13-16-11(14)10(21-13)12(19)17-5-2-3-9(7-17)8-18/h9,18H,2-8,14H2,1H3,(H,15,16). The molecule has 7 nitrogen and oxygen atoms in total. The number of rotatable bonds is 6. The van der Waals surface area contributed by atoms with Gasteiger partial charge in [0.1, 0.15) is 10.7 Å². The van der Waals surface area contributed by atoms with Gasteiger partial charge >= 0.3 is 0 Å². The third-order valence-electron chi connectivity index (χ3n) is 3.49. The summed E-state index contributed by atoms with van der Waals surface area (Å²) < 4.78 is 4.95. The van der Waals surface area contributed by atoms with E-state index < -0.39 is 0 Å². The average Bonchev–Trinajstić information content (AvgIpc) is 2.88. The molecule has 1 unspecified atom stereocenters. The van der Waals surface area contributed by atoms with Crippen LogP contribution in [0.1, 0.15) is 22.5 Å². The summed E-state index contributed by atoms with van der Waals surface area (Å²) in [5, 5.41) is 13.0. The van der Waals surface area contributed by atoms with Gasteiger partial charge in [0.05, 0.1) is 6.61 Å². The molecule has 0 aromatic carbocycles. The fraction of sp³-hybridized carbons (Fsp3) is 0.692. The van der Waals surface area contributed by atoms with Crippen molar-refractivity contribution in [3.05, 3.63) is 4.88 Å². The lowest BCUT2D eigenvalue weighted by molar-refractivity contribution is 0.0626. The number of piperidine rings is 1. The SMILES string of the molecule is COCCNc1nc(N)c(C(=O)N2CCCC(CO)C2)s1. The number of ether oxygens (including phenoxy) is 1.